The molecule has 0 atom stereocenters. The molecule has 0 bridgehead atoms. The summed E-state index contributed by atoms with van der Waals surface area (Å²) in [5.74, 6) is 0.506. The monoisotopic (exact) mass is 395 g/mol. The molecule has 1 heterocycles. The van der Waals surface area contributed by atoms with Gasteiger partial charge in [0.05, 0.1) is 4.92 Å². The van der Waals surface area contributed by atoms with Crippen LogP contribution in [-0.2, 0) is 11.3 Å². The average molecular weight is 396 g/mol. The van der Waals surface area contributed by atoms with E-state index in [1.807, 2.05) is 41.3 Å². The third-order valence-corrected chi connectivity index (χ3v) is 5.34. The molecule has 3 rings (SSSR count). The van der Waals surface area contributed by atoms with E-state index in [0.29, 0.717) is 18.9 Å². The Morgan fingerprint density at radius 1 is 1.14 bits per heavy atom. The predicted molar refractivity (Wildman–Crippen MR) is 115 cm³/mol. The number of anilines is 1. The molecule has 0 spiro atoms. The summed E-state index contributed by atoms with van der Waals surface area (Å²) >= 11 is 0. The number of nitro groups is 1. The van der Waals surface area contributed by atoms with E-state index >= 15 is 0 Å². The first-order valence-electron chi connectivity index (χ1n) is 10.3. The van der Waals surface area contributed by atoms with Gasteiger partial charge in [-0.25, -0.2) is 0 Å². The number of piperidine rings is 1. The highest BCUT2D eigenvalue weighted by atomic mass is 16.6. The molecule has 0 saturated carbocycles. The average Bonchev–Trinajstić information content (AvgIpc) is 2.70. The van der Waals surface area contributed by atoms with Crippen LogP contribution in [0.2, 0.25) is 0 Å². The van der Waals surface area contributed by atoms with Crippen LogP contribution in [0.4, 0.5) is 11.4 Å². The second-order valence-corrected chi connectivity index (χ2v) is 8.13. The van der Waals surface area contributed by atoms with Crippen LogP contribution in [0, 0.1) is 16.0 Å². The van der Waals surface area contributed by atoms with Gasteiger partial charge in [0, 0.05) is 49.9 Å². The number of amides is 1. The zero-order chi connectivity index (χ0) is 20.8. The van der Waals surface area contributed by atoms with Gasteiger partial charge in [0.25, 0.3) is 5.69 Å². The number of nitro benzene ring substituents is 1. The summed E-state index contributed by atoms with van der Waals surface area (Å²) in [6.45, 7) is 6.57. The maximum absolute atomic E-state index is 13.0. The molecule has 0 N–H and O–H groups in total. The number of non-ortho nitro benzene ring substituents is 1. The van der Waals surface area contributed by atoms with E-state index in [1.54, 1.807) is 12.1 Å². The van der Waals surface area contributed by atoms with Crippen molar-refractivity contribution in [3.05, 3.63) is 70.3 Å². The van der Waals surface area contributed by atoms with Crippen molar-refractivity contribution in [2.45, 2.75) is 45.7 Å². The highest BCUT2D eigenvalue weighted by Gasteiger charge is 2.29. The Labute approximate surface area is 172 Å². The second-order valence-electron chi connectivity index (χ2n) is 8.13. The van der Waals surface area contributed by atoms with Crippen molar-refractivity contribution < 1.29 is 9.72 Å². The molecule has 2 aromatic carbocycles. The highest BCUT2D eigenvalue weighted by molar-refractivity contribution is 5.94. The Balaban J connectivity index is 1.66. The molecule has 0 radical (unpaired) electrons. The fourth-order valence-electron chi connectivity index (χ4n) is 3.96. The van der Waals surface area contributed by atoms with Crippen LogP contribution in [0.25, 0.3) is 0 Å². The number of para-hydroxylation sites is 1. The molecule has 6 heteroatoms. The largest absolute Gasteiger partial charge is 0.309 e. The minimum absolute atomic E-state index is 0.131. The number of nitrogens with zero attached hydrogens (tertiary/aromatic N) is 3. The first-order valence-corrected chi connectivity index (χ1v) is 10.3. The number of hydrogen-bond acceptors (Lipinski definition) is 4. The second kappa shape index (κ2) is 9.65. The minimum Gasteiger partial charge on any atom is -0.309 e. The first kappa shape index (κ1) is 21.0. The maximum atomic E-state index is 13.0. The van der Waals surface area contributed by atoms with E-state index in [9.17, 15) is 14.9 Å². The van der Waals surface area contributed by atoms with E-state index in [-0.39, 0.29) is 22.6 Å². The molecule has 0 unspecified atom stereocenters. The molecule has 154 valence electrons. The van der Waals surface area contributed by atoms with Crippen molar-refractivity contribution >= 4 is 17.3 Å². The lowest BCUT2D eigenvalue weighted by Crippen LogP contribution is -2.47. The third-order valence-electron chi connectivity index (χ3n) is 5.34. The molecule has 6 nitrogen and oxygen atoms in total. The van der Waals surface area contributed by atoms with Gasteiger partial charge in [0.15, 0.2) is 0 Å². The number of likely N-dealkylation sites (tertiary alicyclic amines) is 1. The van der Waals surface area contributed by atoms with E-state index in [4.69, 9.17) is 0 Å². The van der Waals surface area contributed by atoms with Crippen LogP contribution in [0.15, 0.2) is 54.6 Å². The maximum Gasteiger partial charge on any atom is 0.269 e. The van der Waals surface area contributed by atoms with Gasteiger partial charge < -0.3 is 4.90 Å². The summed E-state index contributed by atoms with van der Waals surface area (Å²) in [5.41, 5.74) is 2.05. The highest BCUT2D eigenvalue weighted by Crippen LogP contribution is 2.26. The SMILES string of the molecule is CC(C)CC(=O)N(c1ccccc1)C1CCN(Cc2cccc([N+](=O)[O-])c2)CC1. The summed E-state index contributed by atoms with van der Waals surface area (Å²) in [6, 6.07) is 17.0. The van der Waals surface area contributed by atoms with Crippen LogP contribution in [-0.4, -0.2) is 34.9 Å². The van der Waals surface area contributed by atoms with Crippen LogP contribution < -0.4 is 4.90 Å². The topological polar surface area (TPSA) is 66.7 Å². The normalized spacial score (nSPS) is 15.4. The van der Waals surface area contributed by atoms with Gasteiger partial charge in [0.2, 0.25) is 5.91 Å². The summed E-state index contributed by atoms with van der Waals surface area (Å²) in [7, 11) is 0. The lowest BCUT2D eigenvalue weighted by Gasteiger charge is -2.39. The molecule has 0 aliphatic carbocycles. The van der Waals surface area contributed by atoms with Crippen LogP contribution in [0.3, 0.4) is 0 Å². The van der Waals surface area contributed by atoms with Gasteiger partial charge in [0.1, 0.15) is 0 Å². The standard InChI is InChI=1S/C23H29N3O3/c1-18(2)15-23(27)25(20-8-4-3-5-9-20)21-11-13-24(14-12-21)17-19-7-6-10-22(16-19)26(28)29/h3-10,16,18,21H,11-15,17H2,1-2H3. The number of carbonyl (C=O) groups excluding carboxylic acids is 1. The van der Waals surface area contributed by atoms with E-state index in [2.05, 4.69) is 18.7 Å². The van der Waals surface area contributed by atoms with Gasteiger partial charge in [-0.2, -0.15) is 0 Å². The fourth-order valence-corrected chi connectivity index (χ4v) is 3.96. The summed E-state index contributed by atoms with van der Waals surface area (Å²) in [4.78, 5) is 27.9. The minimum atomic E-state index is -0.353. The zero-order valence-corrected chi connectivity index (χ0v) is 17.2. The fraction of sp³-hybridized carbons (Fsp3) is 0.435. The Bertz CT molecular complexity index is 830. The van der Waals surface area contributed by atoms with Crippen molar-refractivity contribution in [3.8, 4) is 0 Å². The molecule has 1 amide bonds. The molecule has 1 fully saturated rings. The summed E-state index contributed by atoms with van der Waals surface area (Å²) in [6.07, 6.45) is 2.34. The first-order chi connectivity index (χ1) is 13.9. The van der Waals surface area contributed by atoms with Crippen LogP contribution >= 0.6 is 0 Å². The van der Waals surface area contributed by atoms with E-state index in [0.717, 1.165) is 37.2 Å². The molecular formula is C23H29N3O3. The molecule has 2 aromatic rings. The predicted octanol–water partition coefficient (Wildman–Crippen LogP) is 4.64. The number of benzene rings is 2. The molecule has 0 aromatic heterocycles. The molecule has 1 aliphatic rings. The molecular weight excluding hydrogens is 366 g/mol. The van der Waals surface area contributed by atoms with Crippen molar-refractivity contribution in [2.24, 2.45) is 5.92 Å². The van der Waals surface area contributed by atoms with Crippen LogP contribution in [0.1, 0.15) is 38.7 Å². The summed E-state index contributed by atoms with van der Waals surface area (Å²) in [5, 5.41) is 11.0. The Morgan fingerprint density at radius 2 is 1.83 bits per heavy atom. The number of carbonyl (C=O) groups is 1. The Kier molecular flexibility index (Phi) is 6.99. The van der Waals surface area contributed by atoms with Crippen molar-refractivity contribution in [1.29, 1.82) is 0 Å². The number of rotatable bonds is 7. The van der Waals surface area contributed by atoms with Gasteiger partial charge in [-0.05, 0) is 36.5 Å². The van der Waals surface area contributed by atoms with Crippen LogP contribution in [0.5, 0.6) is 0 Å². The zero-order valence-electron chi connectivity index (χ0n) is 17.2. The lowest BCUT2D eigenvalue weighted by atomic mass is 9.99. The molecule has 29 heavy (non-hydrogen) atoms. The smallest absolute Gasteiger partial charge is 0.269 e. The van der Waals surface area contributed by atoms with E-state index in [1.165, 1.54) is 6.07 Å². The summed E-state index contributed by atoms with van der Waals surface area (Å²) < 4.78 is 0. The van der Waals surface area contributed by atoms with Gasteiger partial charge in [-0.15, -0.1) is 0 Å². The Morgan fingerprint density at radius 3 is 2.45 bits per heavy atom. The lowest BCUT2D eigenvalue weighted by molar-refractivity contribution is -0.384. The number of hydrogen-bond donors (Lipinski definition) is 0. The van der Waals surface area contributed by atoms with Crippen molar-refractivity contribution in [1.82, 2.24) is 4.90 Å². The van der Waals surface area contributed by atoms with Gasteiger partial charge in [-0.1, -0.05) is 44.2 Å². The third kappa shape index (κ3) is 5.64. The molecule has 1 saturated heterocycles. The Hall–Kier alpha value is -2.73. The quantitative estimate of drug-likeness (QED) is 0.506. The van der Waals surface area contributed by atoms with Gasteiger partial charge in [-0.3, -0.25) is 19.8 Å². The van der Waals surface area contributed by atoms with Crippen molar-refractivity contribution in [2.75, 3.05) is 18.0 Å². The molecule has 1 aliphatic heterocycles. The van der Waals surface area contributed by atoms with E-state index < -0.39 is 0 Å². The van der Waals surface area contributed by atoms with Crippen molar-refractivity contribution in [3.63, 3.8) is 0 Å². The van der Waals surface area contributed by atoms with Gasteiger partial charge >= 0.3 is 0 Å².